The van der Waals surface area contributed by atoms with E-state index in [0.29, 0.717) is 39.2 Å². The molecule has 0 unspecified atom stereocenters. The quantitative estimate of drug-likeness (QED) is 0.219. The first-order valence-electron chi connectivity index (χ1n) is 14.1. The Morgan fingerprint density at radius 1 is 1.07 bits per heavy atom. The zero-order valence-corrected chi connectivity index (χ0v) is 25.4. The van der Waals surface area contributed by atoms with E-state index in [0.717, 1.165) is 5.56 Å². The summed E-state index contributed by atoms with van der Waals surface area (Å²) in [4.78, 5) is 44.3. The molecule has 3 aromatic heterocycles. The lowest BCUT2D eigenvalue weighted by molar-refractivity contribution is -0.111. The molecule has 5 aromatic rings. The minimum atomic E-state index is -0.822. The Bertz CT molecular complexity index is 2000. The topological polar surface area (TPSA) is 124 Å². The third-order valence-electron chi connectivity index (χ3n) is 7.20. The Kier molecular flexibility index (Phi) is 7.27. The summed E-state index contributed by atoms with van der Waals surface area (Å²) in [6.45, 7) is 10.3. The van der Waals surface area contributed by atoms with Gasteiger partial charge in [0.1, 0.15) is 17.6 Å². The predicted octanol–water partition coefficient (Wildman–Crippen LogP) is 6.71. The second-order valence-electron chi connectivity index (χ2n) is 11.5. The maximum Gasteiger partial charge on any atom is 0.416 e. The van der Waals surface area contributed by atoms with Crippen LogP contribution in [0.3, 0.4) is 0 Å². The molecule has 11 nitrogen and oxygen atoms in total. The summed E-state index contributed by atoms with van der Waals surface area (Å²) >= 11 is 0. The fraction of sp³-hybridized carbons (Fsp3) is 0.212. The Labute approximate surface area is 258 Å². The Balaban J connectivity index is 1.59. The summed E-state index contributed by atoms with van der Waals surface area (Å²) in [5, 5.41) is 3.30. The van der Waals surface area contributed by atoms with E-state index in [2.05, 4.69) is 31.8 Å². The average Bonchev–Trinajstić information content (AvgIpc) is 3.19. The number of amides is 2. The van der Waals surface area contributed by atoms with Crippen LogP contribution in [-0.4, -0.2) is 42.1 Å². The van der Waals surface area contributed by atoms with E-state index in [9.17, 15) is 9.59 Å². The average molecular weight is 608 g/mol. The molecule has 2 aromatic carbocycles. The van der Waals surface area contributed by atoms with Gasteiger partial charge in [0.15, 0.2) is 17.4 Å². The maximum atomic E-state index is 16.6. The number of carbonyl (C=O) groups is 2. The van der Waals surface area contributed by atoms with Gasteiger partial charge in [-0.2, -0.15) is 0 Å². The monoisotopic (exact) mass is 607 g/mol. The molecule has 2 amide bonds. The maximum absolute atomic E-state index is 16.6. The van der Waals surface area contributed by atoms with Crippen molar-refractivity contribution in [2.75, 3.05) is 10.2 Å². The molecular weight excluding hydrogens is 577 g/mol. The number of carbonyl (C=O) groups excluding carboxylic acids is 2. The fourth-order valence-corrected chi connectivity index (χ4v) is 5.29. The highest BCUT2D eigenvalue weighted by Crippen LogP contribution is 2.48. The molecule has 0 atom stereocenters. The first kappa shape index (κ1) is 29.4. The van der Waals surface area contributed by atoms with Crippen LogP contribution < -0.4 is 15.0 Å². The van der Waals surface area contributed by atoms with E-state index in [1.165, 1.54) is 29.6 Å². The van der Waals surface area contributed by atoms with Gasteiger partial charge in [-0.05, 0) is 69.2 Å². The van der Waals surface area contributed by atoms with Crippen LogP contribution in [0.5, 0.6) is 11.8 Å². The van der Waals surface area contributed by atoms with Gasteiger partial charge in [0.25, 0.3) is 0 Å². The van der Waals surface area contributed by atoms with Crippen LogP contribution in [0, 0.1) is 12.7 Å². The van der Waals surface area contributed by atoms with Crippen molar-refractivity contribution in [1.82, 2.24) is 24.5 Å². The second-order valence-corrected chi connectivity index (χ2v) is 11.5. The molecule has 0 fully saturated rings. The van der Waals surface area contributed by atoms with Gasteiger partial charge in [-0.15, -0.1) is 0 Å². The highest BCUT2D eigenvalue weighted by molar-refractivity contribution is 6.12. The van der Waals surface area contributed by atoms with Crippen molar-refractivity contribution < 1.29 is 23.5 Å². The molecule has 6 rings (SSSR count). The first-order valence-corrected chi connectivity index (χ1v) is 14.1. The molecule has 0 aliphatic carbocycles. The number of hydrogen-bond donors (Lipinski definition) is 1. The highest BCUT2D eigenvalue weighted by atomic mass is 19.1. The van der Waals surface area contributed by atoms with Gasteiger partial charge < -0.3 is 19.4 Å². The molecule has 0 bridgehead atoms. The molecule has 0 spiro atoms. The van der Waals surface area contributed by atoms with Gasteiger partial charge in [0.2, 0.25) is 5.91 Å². The zero-order valence-electron chi connectivity index (χ0n) is 25.4. The van der Waals surface area contributed by atoms with Crippen LogP contribution in [0.2, 0.25) is 0 Å². The molecule has 4 heterocycles. The fourth-order valence-electron chi connectivity index (χ4n) is 5.29. The summed E-state index contributed by atoms with van der Waals surface area (Å²) in [6.07, 6.45) is 3.39. The van der Waals surface area contributed by atoms with Gasteiger partial charge in [-0.25, -0.2) is 29.1 Å². The van der Waals surface area contributed by atoms with Crippen LogP contribution >= 0.6 is 0 Å². The lowest BCUT2D eigenvalue weighted by atomic mass is 9.95. The number of hydrogen-bond acceptors (Lipinski definition) is 8. The van der Waals surface area contributed by atoms with Crippen LogP contribution in [0.25, 0.3) is 33.4 Å². The van der Waals surface area contributed by atoms with Crippen LogP contribution in [-0.2, 0) is 23.1 Å². The highest BCUT2D eigenvalue weighted by Gasteiger charge is 2.36. The number of nitrogens with zero attached hydrogens (tertiary/aromatic N) is 6. The summed E-state index contributed by atoms with van der Waals surface area (Å²) < 4.78 is 30.0. The first-order chi connectivity index (χ1) is 21.4. The number of aryl methyl sites for hydroxylation is 2. The minimum Gasteiger partial charge on any atom is -0.443 e. The van der Waals surface area contributed by atoms with E-state index in [1.54, 1.807) is 52.0 Å². The number of anilines is 2. The third kappa shape index (κ3) is 5.46. The SMILES string of the molecule is C=CC(=O)Nc1ccc(-c2c3c4c(ncnc4n2C)N(C(=O)OC(C)(C)C)Cc2c-3ccc(Oc3nccc(C)n3)c2F)cc1. The summed E-state index contributed by atoms with van der Waals surface area (Å²) in [5.74, 6) is -0.838. The normalized spacial score (nSPS) is 12.4. The van der Waals surface area contributed by atoms with Gasteiger partial charge in [-0.3, -0.25) is 9.69 Å². The van der Waals surface area contributed by atoms with Crippen molar-refractivity contribution in [3.8, 4) is 34.1 Å². The predicted molar refractivity (Wildman–Crippen MR) is 167 cm³/mol. The standard InChI is InChI=1S/C33H30FN7O4/c1-7-24(42)39-20-10-8-19(9-11-20)28-25-21-12-13-23(44-31-35-15-14-18(2)38-31)27(34)22(21)16-41(32(43)45-33(3,4)5)30-26(25)29(40(28)6)36-17-37-30/h7-15,17H,1,16H2,2-6H3,(H,39,42). The number of rotatable bonds is 5. The number of benzene rings is 2. The van der Waals surface area contributed by atoms with Gasteiger partial charge in [-0.1, -0.05) is 24.8 Å². The third-order valence-corrected chi connectivity index (χ3v) is 7.20. The van der Waals surface area contributed by atoms with Crippen LogP contribution in [0.15, 0.2) is 67.6 Å². The minimum absolute atomic E-state index is 0.00736. The molecular formula is C33H30FN7O4. The molecule has 1 aliphatic rings. The number of aromatic nitrogens is 5. The van der Waals surface area contributed by atoms with Crippen molar-refractivity contribution in [3.63, 3.8) is 0 Å². The Morgan fingerprint density at radius 2 is 1.82 bits per heavy atom. The molecule has 228 valence electrons. The van der Waals surface area contributed by atoms with Crippen LogP contribution in [0.1, 0.15) is 32.0 Å². The van der Waals surface area contributed by atoms with Crippen molar-refractivity contribution >= 4 is 34.5 Å². The molecule has 0 saturated heterocycles. The van der Waals surface area contributed by atoms with Crippen molar-refractivity contribution in [2.45, 2.75) is 39.8 Å². The molecule has 0 saturated carbocycles. The Hall–Kier alpha value is -5.65. The molecule has 0 radical (unpaired) electrons. The summed E-state index contributed by atoms with van der Waals surface area (Å²) in [5.41, 5.74) is 3.76. The summed E-state index contributed by atoms with van der Waals surface area (Å²) in [6, 6.07) is 12.2. The van der Waals surface area contributed by atoms with Gasteiger partial charge in [0, 0.05) is 35.8 Å². The molecule has 12 heteroatoms. The van der Waals surface area contributed by atoms with E-state index in [1.807, 2.05) is 23.7 Å². The van der Waals surface area contributed by atoms with E-state index in [4.69, 9.17) is 9.47 Å². The van der Waals surface area contributed by atoms with E-state index < -0.39 is 17.5 Å². The number of ether oxygens (including phenoxy) is 2. The summed E-state index contributed by atoms with van der Waals surface area (Å²) in [7, 11) is 1.84. The van der Waals surface area contributed by atoms with Crippen LogP contribution in [0.4, 0.5) is 20.7 Å². The lowest BCUT2D eigenvalue weighted by Gasteiger charge is -2.27. The molecule has 1 aliphatic heterocycles. The van der Waals surface area contributed by atoms with E-state index >= 15 is 4.39 Å². The second kappa shape index (κ2) is 11.1. The smallest absolute Gasteiger partial charge is 0.416 e. The van der Waals surface area contributed by atoms with Crippen molar-refractivity contribution in [3.05, 3.63) is 84.7 Å². The zero-order chi connectivity index (χ0) is 32.0. The Morgan fingerprint density at radius 3 is 2.51 bits per heavy atom. The lowest BCUT2D eigenvalue weighted by Crippen LogP contribution is -2.37. The largest absolute Gasteiger partial charge is 0.443 e. The van der Waals surface area contributed by atoms with Crippen molar-refractivity contribution in [2.24, 2.45) is 7.05 Å². The van der Waals surface area contributed by atoms with Gasteiger partial charge in [0.05, 0.1) is 17.6 Å². The molecule has 1 N–H and O–H groups in total. The van der Waals surface area contributed by atoms with Gasteiger partial charge >= 0.3 is 12.1 Å². The van der Waals surface area contributed by atoms with E-state index in [-0.39, 0.29) is 35.6 Å². The number of fused-ring (bicyclic) bond motifs is 2. The number of halogens is 1. The van der Waals surface area contributed by atoms with Crippen molar-refractivity contribution in [1.29, 1.82) is 0 Å². The number of nitrogens with one attached hydrogen (secondary N) is 1. The molecule has 45 heavy (non-hydrogen) atoms.